The van der Waals surface area contributed by atoms with Gasteiger partial charge in [-0.1, -0.05) is 63.1 Å². The number of hydrogen-bond acceptors (Lipinski definition) is 2. The Morgan fingerprint density at radius 2 is 1.89 bits per heavy atom. The molecule has 0 N–H and O–H groups in total. The van der Waals surface area contributed by atoms with Gasteiger partial charge in [-0.2, -0.15) is 11.3 Å². The molecule has 0 fully saturated rings. The molecular weight excluding hydrogens is 350 g/mol. The Kier molecular flexibility index (Phi) is 6.83. The molecule has 1 aromatic carbocycles. The van der Waals surface area contributed by atoms with Crippen LogP contribution in [0.2, 0.25) is 0 Å². The number of nitrogens with zero attached hydrogens (tertiary/aromatic N) is 1. The zero-order valence-corrected chi connectivity index (χ0v) is 17.0. The Morgan fingerprint density at radius 1 is 1.07 bits per heavy atom. The number of allylic oxidation sites excluding steroid dienone is 2. The molecule has 2 aromatic heterocycles. The third kappa shape index (κ3) is 4.86. The summed E-state index contributed by atoms with van der Waals surface area (Å²) in [4.78, 5) is 13.3. The number of aromatic nitrogens is 1. The van der Waals surface area contributed by atoms with Gasteiger partial charge >= 0.3 is 0 Å². The Labute approximate surface area is 165 Å². The molecule has 0 saturated heterocycles. The molecule has 0 aliphatic heterocycles. The normalized spacial score (nSPS) is 11.7. The van der Waals surface area contributed by atoms with Crippen LogP contribution < -0.4 is 5.56 Å². The van der Waals surface area contributed by atoms with E-state index in [1.165, 1.54) is 11.1 Å². The third-order valence-electron chi connectivity index (χ3n) is 4.68. The Morgan fingerprint density at radius 3 is 2.56 bits per heavy atom. The Bertz CT molecular complexity index is 936. The summed E-state index contributed by atoms with van der Waals surface area (Å²) in [6, 6.07) is 14.4. The highest BCUT2D eigenvalue weighted by Crippen LogP contribution is 2.26. The van der Waals surface area contributed by atoms with Crippen molar-refractivity contribution in [2.75, 3.05) is 0 Å². The van der Waals surface area contributed by atoms with Gasteiger partial charge in [0.05, 0.1) is 6.54 Å². The average molecular weight is 378 g/mol. The SMILES string of the molecule is CCCC=C(CCC)c1cc(-c2ccsc2)cn(Cc2ccccc2)c1=O. The van der Waals surface area contributed by atoms with E-state index in [0.717, 1.165) is 42.4 Å². The van der Waals surface area contributed by atoms with Crippen molar-refractivity contribution in [2.24, 2.45) is 0 Å². The highest BCUT2D eigenvalue weighted by Gasteiger charge is 2.12. The minimum absolute atomic E-state index is 0.105. The summed E-state index contributed by atoms with van der Waals surface area (Å²) in [5.74, 6) is 0. The van der Waals surface area contributed by atoms with Gasteiger partial charge in [0.2, 0.25) is 0 Å². The van der Waals surface area contributed by atoms with Gasteiger partial charge in [-0.25, -0.2) is 0 Å². The minimum atomic E-state index is 0.105. The second-order valence-electron chi connectivity index (χ2n) is 6.84. The standard InChI is InChI=1S/C24H27NOS/c1-3-5-12-20(9-4-2)23-15-22(21-13-14-27-18-21)17-25(24(23)26)16-19-10-7-6-8-11-19/h6-8,10-15,17-18H,3-5,9,16H2,1-2H3. The van der Waals surface area contributed by atoms with Crippen LogP contribution in [0.25, 0.3) is 16.7 Å². The minimum Gasteiger partial charge on any atom is -0.310 e. The number of hydrogen-bond donors (Lipinski definition) is 0. The van der Waals surface area contributed by atoms with E-state index in [0.29, 0.717) is 6.54 Å². The van der Waals surface area contributed by atoms with E-state index < -0.39 is 0 Å². The monoisotopic (exact) mass is 377 g/mol. The fraction of sp³-hybridized carbons (Fsp3) is 0.292. The molecule has 2 nitrogen and oxygen atoms in total. The van der Waals surface area contributed by atoms with Crippen LogP contribution >= 0.6 is 11.3 Å². The van der Waals surface area contributed by atoms with Crippen molar-refractivity contribution in [2.45, 2.75) is 46.1 Å². The first-order valence-electron chi connectivity index (χ1n) is 9.73. The highest BCUT2D eigenvalue weighted by atomic mass is 32.1. The van der Waals surface area contributed by atoms with E-state index in [-0.39, 0.29) is 5.56 Å². The largest absolute Gasteiger partial charge is 0.310 e. The summed E-state index contributed by atoms with van der Waals surface area (Å²) < 4.78 is 1.87. The molecule has 0 spiro atoms. The average Bonchev–Trinajstić information content (AvgIpc) is 3.22. The zero-order valence-electron chi connectivity index (χ0n) is 16.2. The van der Waals surface area contributed by atoms with E-state index >= 15 is 0 Å². The van der Waals surface area contributed by atoms with Crippen LogP contribution in [0.15, 0.2) is 70.3 Å². The van der Waals surface area contributed by atoms with Crippen molar-refractivity contribution in [1.82, 2.24) is 4.57 Å². The molecule has 2 heterocycles. The number of unbranched alkanes of at least 4 members (excludes halogenated alkanes) is 1. The Balaban J connectivity index is 2.12. The molecule has 140 valence electrons. The second kappa shape index (κ2) is 9.52. The number of pyridine rings is 1. The summed E-state index contributed by atoms with van der Waals surface area (Å²) in [5, 5.41) is 4.23. The van der Waals surface area contributed by atoms with Crippen LogP contribution in [0.1, 0.15) is 50.7 Å². The van der Waals surface area contributed by atoms with E-state index in [2.05, 4.69) is 54.9 Å². The molecular formula is C24H27NOS. The molecule has 0 amide bonds. The van der Waals surface area contributed by atoms with Crippen molar-refractivity contribution in [3.8, 4) is 11.1 Å². The van der Waals surface area contributed by atoms with Crippen molar-refractivity contribution in [3.63, 3.8) is 0 Å². The lowest BCUT2D eigenvalue weighted by Crippen LogP contribution is -2.24. The summed E-state index contributed by atoms with van der Waals surface area (Å²) in [5.41, 5.74) is 5.57. The maximum atomic E-state index is 13.3. The molecule has 0 atom stereocenters. The molecule has 3 aromatic rings. The van der Waals surface area contributed by atoms with Gasteiger partial charge in [0.25, 0.3) is 5.56 Å². The van der Waals surface area contributed by atoms with E-state index in [9.17, 15) is 4.79 Å². The predicted octanol–water partition coefficient (Wildman–Crippen LogP) is 6.61. The molecule has 0 bridgehead atoms. The number of rotatable bonds is 8. The van der Waals surface area contributed by atoms with Crippen molar-refractivity contribution >= 4 is 16.9 Å². The molecule has 3 heteroatoms. The van der Waals surface area contributed by atoms with Crippen molar-refractivity contribution in [3.05, 3.63) is 87.0 Å². The van der Waals surface area contributed by atoms with Gasteiger partial charge in [0, 0.05) is 11.8 Å². The van der Waals surface area contributed by atoms with Crippen molar-refractivity contribution < 1.29 is 0 Å². The fourth-order valence-corrected chi connectivity index (χ4v) is 3.95. The summed E-state index contributed by atoms with van der Waals surface area (Å²) in [7, 11) is 0. The lowest BCUT2D eigenvalue weighted by molar-refractivity contribution is 0.756. The fourth-order valence-electron chi connectivity index (χ4n) is 3.28. The topological polar surface area (TPSA) is 22.0 Å². The summed E-state index contributed by atoms with van der Waals surface area (Å²) in [6.07, 6.45) is 8.34. The maximum absolute atomic E-state index is 13.3. The van der Waals surface area contributed by atoms with Crippen LogP contribution in [0.5, 0.6) is 0 Å². The molecule has 0 unspecified atom stereocenters. The van der Waals surface area contributed by atoms with Crippen LogP contribution in [-0.2, 0) is 6.54 Å². The first-order valence-corrected chi connectivity index (χ1v) is 10.7. The lowest BCUT2D eigenvalue weighted by Gasteiger charge is -2.14. The molecule has 0 radical (unpaired) electrons. The first kappa shape index (κ1) is 19.4. The van der Waals surface area contributed by atoms with E-state index in [1.54, 1.807) is 11.3 Å². The van der Waals surface area contributed by atoms with Crippen LogP contribution in [0.3, 0.4) is 0 Å². The maximum Gasteiger partial charge on any atom is 0.258 e. The smallest absolute Gasteiger partial charge is 0.258 e. The first-order chi connectivity index (χ1) is 13.2. The van der Waals surface area contributed by atoms with Crippen molar-refractivity contribution in [1.29, 1.82) is 0 Å². The quantitative estimate of drug-likeness (QED) is 0.433. The Hall–Kier alpha value is -2.39. The van der Waals surface area contributed by atoms with Gasteiger partial charge in [0.1, 0.15) is 0 Å². The second-order valence-corrected chi connectivity index (χ2v) is 7.62. The van der Waals surface area contributed by atoms with Crippen LogP contribution in [-0.4, -0.2) is 4.57 Å². The van der Waals surface area contributed by atoms with Crippen LogP contribution in [0, 0.1) is 0 Å². The lowest BCUT2D eigenvalue weighted by atomic mass is 9.98. The van der Waals surface area contributed by atoms with Gasteiger partial charge < -0.3 is 4.57 Å². The molecule has 0 saturated carbocycles. The summed E-state index contributed by atoms with van der Waals surface area (Å²) in [6.45, 7) is 4.94. The van der Waals surface area contributed by atoms with Gasteiger partial charge in [0.15, 0.2) is 0 Å². The number of thiophene rings is 1. The zero-order chi connectivity index (χ0) is 19.1. The molecule has 3 rings (SSSR count). The number of benzene rings is 1. The van der Waals surface area contributed by atoms with E-state index in [1.807, 2.05) is 29.0 Å². The summed E-state index contributed by atoms with van der Waals surface area (Å²) >= 11 is 1.68. The third-order valence-corrected chi connectivity index (χ3v) is 5.36. The van der Waals surface area contributed by atoms with Gasteiger partial charge in [-0.3, -0.25) is 4.79 Å². The highest BCUT2D eigenvalue weighted by molar-refractivity contribution is 7.08. The predicted molar refractivity (Wildman–Crippen MR) is 117 cm³/mol. The van der Waals surface area contributed by atoms with Gasteiger partial charge in [-0.05, 0) is 58.0 Å². The van der Waals surface area contributed by atoms with Crippen LogP contribution in [0.4, 0.5) is 0 Å². The molecule has 0 aliphatic rings. The van der Waals surface area contributed by atoms with Gasteiger partial charge in [-0.15, -0.1) is 0 Å². The van der Waals surface area contributed by atoms with E-state index in [4.69, 9.17) is 0 Å². The molecule has 27 heavy (non-hydrogen) atoms. The molecule has 0 aliphatic carbocycles.